The van der Waals surface area contributed by atoms with Gasteiger partial charge >= 0.3 is 5.97 Å². The van der Waals surface area contributed by atoms with E-state index in [1.165, 1.54) is 12.8 Å². The number of hydrogen-bond donors (Lipinski definition) is 0. The van der Waals surface area contributed by atoms with Crippen LogP contribution in [0, 0.1) is 22.2 Å². The zero-order chi connectivity index (χ0) is 16.1. The second-order valence-electron chi connectivity index (χ2n) is 8.45. The Morgan fingerprint density at radius 2 is 1.95 bits per heavy atom. The number of rotatable bonds is 5. The third-order valence-corrected chi connectivity index (χ3v) is 6.78. The third kappa shape index (κ3) is 2.62. The molecule has 3 heteroatoms. The van der Waals surface area contributed by atoms with Gasteiger partial charge in [-0.05, 0) is 63.2 Å². The van der Waals surface area contributed by atoms with Crippen LogP contribution in [0.2, 0.25) is 0 Å². The lowest BCUT2D eigenvalue weighted by Crippen LogP contribution is -2.40. The Bertz CT molecular complexity index is 413. The molecule has 0 aromatic heterocycles. The summed E-state index contributed by atoms with van der Waals surface area (Å²) in [4.78, 5) is 12.1. The predicted molar refractivity (Wildman–Crippen MR) is 83.7 cm³/mol. The van der Waals surface area contributed by atoms with Gasteiger partial charge in [0.25, 0.3) is 0 Å². The normalized spacial score (nSPS) is 35.8. The van der Waals surface area contributed by atoms with E-state index in [1.807, 2.05) is 27.7 Å². The summed E-state index contributed by atoms with van der Waals surface area (Å²) in [5.74, 6) is 0.576. The van der Waals surface area contributed by atoms with Crippen LogP contribution in [-0.2, 0) is 14.3 Å². The zero-order valence-corrected chi connectivity index (χ0v) is 14.8. The zero-order valence-electron chi connectivity index (χ0n) is 14.8. The Balaban J connectivity index is 1.96. The lowest BCUT2D eigenvalue weighted by Gasteiger charge is -2.39. The first-order chi connectivity index (χ1) is 9.54. The first kappa shape index (κ1) is 16.8. The summed E-state index contributed by atoms with van der Waals surface area (Å²) in [6.07, 6.45) is 4.15. The molecule has 0 amide bonds. The van der Waals surface area contributed by atoms with E-state index in [0.717, 1.165) is 18.8 Å². The van der Waals surface area contributed by atoms with Crippen molar-refractivity contribution in [3.8, 4) is 0 Å². The SMILES string of the molecule is CCC(C)(C)C(=O)OC(C)OC1CC2CCC1(C)C2(C)C. The van der Waals surface area contributed by atoms with Gasteiger partial charge in [-0.1, -0.05) is 27.7 Å². The van der Waals surface area contributed by atoms with Gasteiger partial charge in [0.15, 0.2) is 6.29 Å². The van der Waals surface area contributed by atoms with Gasteiger partial charge in [-0.25, -0.2) is 0 Å². The van der Waals surface area contributed by atoms with Crippen molar-refractivity contribution in [3.05, 3.63) is 0 Å². The van der Waals surface area contributed by atoms with Crippen LogP contribution in [0.3, 0.4) is 0 Å². The third-order valence-electron chi connectivity index (χ3n) is 6.78. The summed E-state index contributed by atoms with van der Waals surface area (Å²) in [5, 5.41) is 0. The van der Waals surface area contributed by atoms with E-state index in [-0.39, 0.29) is 17.5 Å². The molecule has 2 fully saturated rings. The van der Waals surface area contributed by atoms with E-state index >= 15 is 0 Å². The van der Waals surface area contributed by atoms with E-state index in [2.05, 4.69) is 20.8 Å². The summed E-state index contributed by atoms with van der Waals surface area (Å²) in [5.41, 5.74) is 0.0954. The van der Waals surface area contributed by atoms with Crippen molar-refractivity contribution in [1.29, 1.82) is 0 Å². The number of carbonyl (C=O) groups is 1. The van der Waals surface area contributed by atoms with Crippen molar-refractivity contribution in [1.82, 2.24) is 0 Å². The Hall–Kier alpha value is -0.570. The van der Waals surface area contributed by atoms with Crippen LogP contribution in [0.25, 0.3) is 0 Å². The van der Waals surface area contributed by atoms with Gasteiger partial charge < -0.3 is 9.47 Å². The van der Waals surface area contributed by atoms with Crippen molar-refractivity contribution in [2.45, 2.75) is 86.5 Å². The molecule has 0 spiro atoms. The predicted octanol–water partition coefficient (Wildman–Crippen LogP) is 4.54. The van der Waals surface area contributed by atoms with Crippen LogP contribution in [0.5, 0.6) is 0 Å². The van der Waals surface area contributed by atoms with Gasteiger partial charge in [-0.15, -0.1) is 0 Å². The molecule has 0 N–H and O–H groups in total. The molecular formula is C18H32O3. The van der Waals surface area contributed by atoms with Gasteiger partial charge in [0.05, 0.1) is 11.5 Å². The van der Waals surface area contributed by atoms with Gasteiger partial charge in [-0.3, -0.25) is 4.79 Å². The number of carbonyl (C=O) groups excluding carboxylic acids is 1. The van der Waals surface area contributed by atoms with E-state index in [4.69, 9.17) is 9.47 Å². The van der Waals surface area contributed by atoms with Crippen molar-refractivity contribution in [2.75, 3.05) is 0 Å². The van der Waals surface area contributed by atoms with Crippen LogP contribution in [0.4, 0.5) is 0 Å². The molecule has 4 atom stereocenters. The highest BCUT2D eigenvalue weighted by atomic mass is 16.7. The van der Waals surface area contributed by atoms with Crippen LogP contribution in [0.15, 0.2) is 0 Å². The Morgan fingerprint density at radius 1 is 1.33 bits per heavy atom. The second kappa shape index (κ2) is 5.26. The Morgan fingerprint density at radius 3 is 2.38 bits per heavy atom. The summed E-state index contributed by atoms with van der Waals surface area (Å²) in [6.45, 7) is 14.8. The first-order valence-corrected chi connectivity index (χ1v) is 8.41. The van der Waals surface area contributed by atoms with Gasteiger partial charge in [0, 0.05) is 0 Å². The summed E-state index contributed by atoms with van der Waals surface area (Å²) >= 11 is 0. The monoisotopic (exact) mass is 296 g/mol. The molecule has 0 aliphatic heterocycles. The summed E-state index contributed by atoms with van der Waals surface area (Å²) in [6, 6.07) is 0. The molecule has 4 unspecified atom stereocenters. The average Bonchev–Trinajstić information content (AvgIpc) is 2.71. The van der Waals surface area contributed by atoms with E-state index < -0.39 is 11.7 Å². The number of fused-ring (bicyclic) bond motifs is 2. The van der Waals surface area contributed by atoms with Crippen molar-refractivity contribution >= 4 is 5.97 Å². The van der Waals surface area contributed by atoms with Gasteiger partial charge in [-0.2, -0.15) is 0 Å². The minimum absolute atomic E-state index is 0.162. The number of hydrogen-bond acceptors (Lipinski definition) is 3. The highest BCUT2D eigenvalue weighted by Crippen LogP contribution is 2.66. The first-order valence-electron chi connectivity index (χ1n) is 8.41. The molecule has 0 heterocycles. The maximum absolute atomic E-state index is 12.1. The van der Waals surface area contributed by atoms with Crippen molar-refractivity contribution < 1.29 is 14.3 Å². The fraction of sp³-hybridized carbons (Fsp3) is 0.944. The molecular weight excluding hydrogens is 264 g/mol. The number of esters is 1. The molecule has 21 heavy (non-hydrogen) atoms. The quantitative estimate of drug-likeness (QED) is 0.552. The summed E-state index contributed by atoms with van der Waals surface area (Å²) < 4.78 is 11.7. The fourth-order valence-electron chi connectivity index (χ4n) is 4.05. The molecule has 0 saturated heterocycles. The van der Waals surface area contributed by atoms with Gasteiger partial charge in [0.1, 0.15) is 0 Å². The Labute approximate surface area is 129 Å². The fourth-order valence-corrected chi connectivity index (χ4v) is 4.05. The molecule has 2 aliphatic carbocycles. The van der Waals surface area contributed by atoms with E-state index in [9.17, 15) is 4.79 Å². The molecule has 0 aromatic carbocycles. The maximum atomic E-state index is 12.1. The lowest BCUT2D eigenvalue weighted by atomic mass is 9.70. The minimum Gasteiger partial charge on any atom is -0.436 e. The van der Waals surface area contributed by atoms with Crippen LogP contribution in [-0.4, -0.2) is 18.4 Å². The highest BCUT2D eigenvalue weighted by Gasteiger charge is 2.62. The van der Waals surface area contributed by atoms with Crippen molar-refractivity contribution in [2.24, 2.45) is 22.2 Å². The molecule has 122 valence electrons. The largest absolute Gasteiger partial charge is 0.436 e. The van der Waals surface area contributed by atoms with E-state index in [0.29, 0.717) is 5.41 Å². The van der Waals surface area contributed by atoms with E-state index in [1.54, 1.807) is 0 Å². The molecule has 2 saturated carbocycles. The topological polar surface area (TPSA) is 35.5 Å². The molecule has 2 bridgehead atoms. The van der Waals surface area contributed by atoms with Crippen LogP contribution >= 0.6 is 0 Å². The molecule has 3 nitrogen and oxygen atoms in total. The molecule has 2 aliphatic rings. The second-order valence-corrected chi connectivity index (χ2v) is 8.45. The van der Waals surface area contributed by atoms with Crippen LogP contribution in [0.1, 0.15) is 74.1 Å². The smallest absolute Gasteiger partial charge is 0.313 e. The molecule has 0 aromatic rings. The van der Waals surface area contributed by atoms with Gasteiger partial charge in [0.2, 0.25) is 0 Å². The maximum Gasteiger partial charge on any atom is 0.313 e. The van der Waals surface area contributed by atoms with Crippen molar-refractivity contribution in [3.63, 3.8) is 0 Å². The average molecular weight is 296 g/mol. The highest BCUT2D eigenvalue weighted by molar-refractivity contribution is 5.75. The minimum atomic E-state index is -0.458. The Kier molecular flexibility index (Phi) is 4.20. The number of ether oxygens (including phenoxy) is 2. The molecule has 0 radical (unpaired) electrons. The standard InChI is InChI=1S/C18H32O3/c1-8-16(3,4)15(19)21-12(2)20-14-11-13-9-10-18(14,7)17(13,5)6/h12-14H,8-11H2,1-7H3. The van der Waals surface area contributed by atoms with Crippen LogP contribution < -0.4 is 0 Å². The summed E-state index contributed by atoms with van der Waals surface area (Å²) in [7, 11) is 0. The lowest BCUT2D eigenvalue weighted by molar-refractivity contribution is -0.206. The molecule has 2 rings (SSSR count).